The lowest BCUT2D eigenvalue weighted by Gasteiger charge is -2.09. The molecule has 24 heavy (non-hydrogen) atoms. The van der Waals surface area contributed by atoms with Crippen LogP contribution in [-0.2, 0) is 20.7 Å². The fraction of sp³-hybridized carbons (Fsp3) is 0.125. The van der Waals surface area contributed by atoms with Crippen molar-refractivity contribution < 1.29 is 14.3 Å². The zero-order chi connectivity index (χ0) is 17.7. The standard InChI is InChI=1S/C16H11Cl4NO3/c17-10-4-2-1-3-9(10)5-16(23)24-8-15(22)21-14-7-12(19)11(18)6-13(14)20/h1-4,6-7H,5,8H2,(H,21,22). The number of halogens is 4. The maximum absolute atomic E-state index is 11.8. The van der Waals surface area contributed by atoms with Crippen molar-refractivity contribution in [3.63, 3.8) is 0 Å². The molecule has 0 aliphatic carbocycles. The Kier molecular flexibility index (Phi) is 6.75. The van der Waals surface area contributed by atoms with Crippen molar-refractivity contribution in [1.29, 1.82) is 0 Å². The molecule has 0 spiro atoms. The summed E-state index contributed by atoms with van der Waals surface area (Å²) < 4.78 is 4.92. The van der Waals surface area contributed by atoms with E-state index in [4.69, 9.17) is 51.1 Å². The minimum absolute atomic E-state index is 0.0273. The molecular formula is C16H11Cl4NO3. The number of rotatable bonds is 5. The molecule has 2 aromatic rings. The Morgan fingerprint density at radius 2 is 1.58 bits per heavy atom. The summed E-state index contributed by atoms with van der Waals surface area (Å²) in [7, 11) is 0. The van der Waals surface area contributed by atoms with Gasteiger partial charge >= 0.3 is 5.97 Å². The van der Waals surface area contributed by atoms with Crippen LogP contribution in [0.1, 0.15) is 5.56 Å². The molecule has 0 heterocycles. The van der Waals surface area contributed by atoms with Crippen molar-refractivity contribution in [1.82, 2.24) is 0 Å². The van der Waals surface area contributed by atoms with E-state index in [0.29, 0.717) is 10.6 Å². The summed E-state index contributed by atoms with van der Waals surface area (Å²) in [4.78, 5) is 23.6. The topological polar surface area (TPSA) is 55.4 Å². The highest BCUT2D eigenvalue weighted by Gasteiger charge is 2.13. The van der Waals surface area contributed by atoms with E-state index < -0.39 is 18.5 Å². The van der Waals surface area contributed by atoms with Gasteiger partial charge in [-0.25, -0.2) is 0 Å². The first-order valence-corrected chi connectivity index (χ1v) is 8.21. The minimum Gasteiger partial charge on any atom is -0.455 e. The van der Waals surface area contributed by atoms with E-state index in [1.54, 1.807) is 24.3 Å². The zero-order valence-corrected chi connectivity index (χ0v) is 15.1. The molecule has 0 saturated heterocycles. The van der Waals surface area contributed by atoms with Gasteiger partial charge in [-0.3, -0.25) is 9.59 Å². The molecule has 8 heteroatoms. The number of esters is 1. The number of anilines is 1. The maximum Gasteiger partial charge on any atom is 0.310 e. The predicted octanol–water partition coefficient (Wildman–Crippen LogP) is 5.02. The number of carbonyl (C=O) groups excluding carboxylic acids is 2. The largest absolute Gasteiger partial charge is 0.455 e. The van der Waals surface area contributed by atoms with Crippen LogP contribution in [0.3, 0.4) is 0 Å². The lowest BCUT2D eigenvalue weighted by molar-refractivity contribution is -0.146. The molecule has 0 aromatic heterocycles. The molecule has 0 aliphatic rings. The molecule has 0 aliphatic heterocycles. The Bertz CT molecular complexity index is 780. The summed E-state index contributed by atoms with van der Waals surface area (Å²) in [5.74, 6) is -1.12. The Morgan fingerprint density at radius 1 is 0.917 bits per heavy atom. The molecule has 2 rings (SSSR count). The maximum atomic E-state index is 11.8. The van der Waals surface area contributed by atoms with E-state index in [2.05, 4.69) is 5.32 Å². The molecule has 0 atom stereocenters. The van der Waals surface area contributed by atoms with Gasteiger partial charge in [-0.15, -0.1) is 0 Å². The van der Waals surface area contributed by atoms with E-state index in [9.17, 15) is 9.59 Å². The molecule has 0 radical (unpaired) electrons. The molecule has 2 aromatic carbocycles. The van der Waals surface area contributed by atoms with Crippen LogP contribution in [0.2, 0.25) is 20.1 Å². The van der Waals surface area contributed by atoms with E-state index in [0.717, 1.165) is 0 Å². The quantitative estimate of drug-likeness (QED) is 0.559. The Hall–Kier alpha value is -1.46. The first-order valence-electron chi connectivity index (χ1n) is 6.70. The molecule has 0 fully saturated rings. The highest BCUT2D eigenvalue weighted by Crippen LogP contribution is 2.32. The number of nitrogens with one attached hydrogen (secondary N) is 1. The third kappa shape index (κ3) is 5.28. The van der Waals surface area contributed by atoms with Crippen LogP contribution in [0.25, 0.3) is 0 Å². The predicted molar refractivity (Wildman–Crippen MR) is 96.2 cm³/mol. The zero-order valence-electron chi connectivity index (χ0n) is 12.1. The molecule has 0 bridgehead atoms. The number of benzene rings is 2. The second-order valence-corrected chi connectivity index (χ2v) is 6.35. The normalized spacial score (nSPS) is 10.3. The van der Waals surface area contributed by atoms with Crippen LogP contribution in [0, 0.1) is 0 Å². The van der Waals surface area contributed by atoms with Crippen LogP contribution in [0.5, 0.6) is 0 Å². The van der Waals surface area contributed by atoms with Gasteiger partial charge in [0, 0.05) is 5.02 Å². The number of hydrogen-bond acceptors (Lipinski definition) is 3. The van der Waals surface area contributed by atoms with E-state index in [1.165, 1.54) is 12.1 Å². The summed E-state index contributed by atoms with van der Waals surface area (Å²) in [5.41, 5.74) is 0.898. The number of ether oxygens (including phenoxy) is 1. The van der Waals surface area contributed by atoms with Gasteiger partial charge in [0.15, 0.2) is 6.61 Å². The summed E-state index contributed by atoms with van der Waals surface area (Å²) in [6, 6.07) is 9.71. The van der Waals surface area contributed by atoms with Gasteiger partial charge in [0.05, 0.1) is 27.2 Å². The second-order valence-electron chi connectivity index (χ2n) is 4.72. The molecular weight excluding hydrogens is 396 g/mol. The molecule has 0 unspecified atom stereocenters. The van der Waals surface area contributed by atoms with Crippen LogP contribution >= 0.6 is 46.4 Å². The van der Waals surface area contributed by atoms with Gasteiger partial charge in [0.1, 0.15) is 0 Å². The average Bonchev–Trinajstić information content (AvgIpc) is 2.53. The molecule has 1 amide bonds. The summed E-state index contributed by atoms with van der Waals surface area (Å²) in [6.45, 7) is -0.458. The van der Waals surface area contributed by atoms with Gasteiger partial charge in [-0.2, -0.15) is 0 Å². The number of hydrogen-bond donors (Lipinski definition) is 1. The van der Waals surface area contributed by atoms with Crippen molar-refractivity contribution in [2.45, 2.75) is 6.42 Å². The van der Waals surface area contributed by atoms with Crippen molar-refractivity contribution in [2.24, 2.45) is 0 Å². The van der Waals surface area contributed by atoms with Crippen molar-refractivity contribution >= 4 is 64.0 Å². The molecule has 0 saturated carbocycles. The fourth-order valence-corrected chi connectivity index (χ4v) is 2.60. The smallest absolute Gasteiger partial charge is 0.310 e. The first kappa shape index (κ1) is 18.9. The molecule has 4 nitrogen and oxygen atoms in total. The molecule has 1 N–H and O–H groups in total. The second kappa shape index (κ2) is 8.58. The van der Waals surface area contributed by atoms with E-state index >= 15 is 0 Å². The van der Waals surface area contributed by atoms with Crippen LogP contribution in [0.15, 0.2) is 36.4 Å². The van der Waals surface area contributed by atoms with E-state index in [-0.39, 0.29) is 27.2 Å². The fourth-order valence-electron chi connectivity index (χ4n) is 1.80. The Morgan fingerprint density at radius 3 is 2.29 bits per heavy atom. The Balaban J connectivity index is 1.88. The van der Waals surface area contributed by atoms with Crippen LogP contribution in [0.4, 0.5) is 5.69 Å². The van der Waals surface area contributed by atoms with Gasteiger partial charge in [0.25, 0.3) is 5.91 Å². The number of carbonyl (C=O) groups is 2. The summed E-state index contributed by atoms with van der Waals surface area (Å²) in [5, 5.41) is 3.69. The summed E-state index contributed by atoms with van der Waals surface area (Å²) in [6.07, 6.45) is -0.0273. The highest BCUT2D eigenvalue weighted by molar-refractivity contribution is 6.44. The van der Waals surface area contributed by atoms with Gasteiger partial charge in [-0.05, 0) is 23.8 Å². The molecule has 126 valence electrons. The van der Waals surface area contributed by atoms with Gasteiger partial charge in [-0.1, -0.05) is 64.6 Å². The van der Waals surface area contributed by atoms with E-state index in [1.807, 2.05) is 0 Å². The third-order valence-electron chi connectivity index (χ3n) is 2.94. The van der Waals surface area contributed by atoms with Gasteiger partial charge in [0.2, 0.25) is 0 Å². The lowest BCUT2D eigenvalue weighted by atomic mass is 10.1. The highest BCUT2D eigenvalue weighted by atomic mass is 35.5. The van der Waals surface area contributed by atoms with Crippen molar-refractivity contribution in [3.8, 4) is 0 Å². The summed E-state index contributed by atoms with van der Waals surface area (Å²) >= 11 is 23.6. The number of amides is 1. The van der Waals surface area contributed by atoms with Gasteiger partial charge < -0.3 is 10.1 Å². The van der Waals surface area contributed by atoms with Crippen LogP contribution in [-0.4, -0.2) is 18.5 Å². The first-order chi connectivity index (χ1) is 11.4. The monoisotopic (exact) mass is 405 g/mol. The minimum atomic E-state index is -0.571. The Labute approximate surface area is 158 Å². The lowest BCUT2D eigenvalue weighted by Crippen LogP contribution is -2.21. The SMILES string of the molecule is O=C(COC(=O)Cc1ccccc1Cl)Nc1cc(Cl)c(Cl)cc1Cl. The van der Waals surface area contributed by atoms with Crippen LogP contribution < -0.4 is 5.32 Å². The third-order valence-corrected chi connectivity index (χ3v) is 4.34. The van der Waals surface area contributed by atoms with Crippen molar-refractivity contribution in [2.75, 3.05) is 11.9 Å². The average molecular weight is 407 g/mol. The van der Waals surface area contributed by atoms with Crippen molar-refractivity contribution in [3.05, 3.63) is 62.1 Å².